The fraction of sp³-hybridized carbons (Fsp3) is 0.333. The molecule has 0 radical (unpaired) electrons. The van der Waals surface area contributed by atoms with Crippen molar-refractivity contribution in [1.29, 1.82) is 0 Å². The number of hydrogen-bond donors (Lipinski definition) is 2. The van der Waals surface area contributed by atoms with Crippen LogP contribution in [0, 0.1) is 15.5 Å². The summed E-state index contributed by atoms with van der Waals surface area (Å²) in [6, 6.07) is 4.95. The van der Waals surface area contributed by atoms with Gasteiger partial charge in [-0.05, 0) is 26.0 Å². The number of carbonyl (C=O) groups is 2. The molecule has 108 valence electrons. The number of hydrogen-bond acceptors (Lipinski definition) is 5. The molecule has 1 aromatic rings. The van der Waals surface area contributed by atoms with E-state index in [1.54, 1.807) is 0 Å². The smallest absolute Gasteiger partial charge is 0.412 e. The van der Waals surface area contributed by atoms with E-state index in [4.69, 9.17) is 9.84 Å². The predicted molar refractivity (Wildman–Crippen MR) is 68.5 cm³/mol. The molecule has 0 aliphatic carbocycles. The number of carbonyl (C=O) groups excluding carboxylic acids is 1. The Hall–Kier alpha value is -2.64. The van der Waals surface area contributed by atoms with Crippen LogP contribution in [0.25, 0.3) is 0 Å². The molecule has 0 saturated heterocycles. The van der Waals surface area contributed by atoms with Crippen LogP contribution in [0.4, 0.5) is 10.5 Å². The second-order valence-electron chi connectivity index (χ2n) is 4.68. The maximum absolute atomic E-state index is 11.4. The third-order valence-corrected chi connectivity index (χ3v) is 2.51. The van der Waals surface area contributed by atoms with Crippen LogP contribution in [-0.4, -0.2) is 28.6 Å². The highest BCUT2D eigenvalue weighted by Gasteiger charge is 2.27. The van der Waals surface area contributed by atoms with E-state index >= 15 is 0 Å². The van der Waals surface area contributed by atoms with Gasteiger partial charge in [0.1, 0.15) is 5.75 Å². The molecule has 8 nitrogen and oxygen atoms in total. The van der Waals surface area contributed by atoms with Crippen molar-refractivity contribution in [2.45, 2.75) is 13.8 Å². The molecule has 0 spiro atoms. The summed E-state index contributed by atoms with van der Waals surface area (Å²) in [6.07, 6.45) is -0.826. The summed E-state index contributed by atoms with van der Waals surface area (Å²) in [5.41, 5.74) is -1.24. The summed E-state index contributed by atoms with van der Waals surface area (Å²) in [5.74, 6) is -0.922. The number of benzene rings is 1. The molecule has 8 heteroatoms. The Balaban J connectivity index is 2.54. The summed E-state index contributed by atoms with van der Waals surface area (Å²) in [6.45, 7) is 2.82. The van der Waals surface area contributed by atoms with E-state index < -0.39 is 22.4 Å². The standard InChI is InChI=1S/C12H14N2O6/c1-12(2,10(15)16)7-13-11(17)20-9-5-3-8(4-6-9)14(18)19/h3-6H,7H2,1-2H3,(H,13,17)(H,15,16). The van der Waals surface area contributed by atoms with Crippen LogP contribution >= 0.6 is 0 Å². The molecule has 0 unspecified atom stereocenters. The monoisotopic (exact) mass is 282 g/mol. The van der Waals surface area contributed by atoms with Gasteiger partial charge in [-0.3, -0.25) is 14.9 Å². The lowest BCUT2D eigenvalue weighted by atomic mass is 9.94. The molecule has 0 aliphatic rings. The van der Waals surface area contributed by atoms with Crippen molar-refractivity contribution in [2.75, 3.05) is 6.54 Å². The number of nitrogens with one attached hydrogen (secondary N) is 1. The van der Waals surface area contributed by atoms with E-state index in [0.29, 0.717) is 0 Å². The zero-order chi connectivity index (χ0) is 15.3. The molecular weight excluding hydrogens is 268 g/mol. The first-order valence-corrected chi connectivity index (χ1v) is 5.66. The topological polar surface area (TPSA) is 119 Å². The average molecular weight is 282 g/mol. The van der Waals surface area contributed by atoms with Gasteiger partial charge in [0.05, 0.1) is 10.3 Å². The molecule has 2 N–H and O–H groups in total. The van der Waals surface area contributed by atoms with E-state index in [1.807, 2.05) is 0 Å². The normalized spacial score (nSPS) is 10.7. The molecular formula is C12H14N2O6. The van der Waals surface area contributed by atoms with Crippen molar-refractivity contribution >= 4 is 17.7 Å². The van der Waals surface area contributed by atoms with E-state index in [0.717, 1.165) is 0 Å². The van der Waals surface area contributed by atoms with Gasteiger partial charge in [0.2, 0.25) is 0 Å². The minimum absolute atomic E-state index is 0.103. The second kappa shape index (κ2) is 6.00. The summed E-state index contributed by atoms with van der Waals surface area (Å²) < 4.78 is 4.86. The van der Waals surface area contributed by atoms with Crippen LogP contribution < -0.4 is 10.1 Å². The van der Waals surface area contributed by atoms with E-state index in [-0.39, 0.29) is 18.0 Å². The highest BCUT2D eigenvalue weighted by molar-refractivity contribution is 5.76. The Bertz CT molecular complexity index is 523. The van der Waals surface area contributed by atoms with Gasteiger partial charge in [0, 0.05) is 18.7 Å². The second-order valence-corrected chi connectivity index (χ2v) is 4.68. The highest BCUT2D eigenvalue weighted by Crippen LogP contribution is 2.18. The minimum Gasteiger partial charge on any atom is -0.481 e. The summed E-state index contributed by atoms with van der Waals surface area (Å²) in [4.78, 5) is 32.1. The van der Waals surface area contributed by atoms with Crippen LogP contribution in [0.2, 0.25) is 0 Å². The van der Waals surface area contributed by atoms with Gasteiger partial charge in [0.25, 0.3) is 5.69 Å². The number of ether oxygens (including phenoxy) is 1. The Morgan fingerprint density at radius 3 is 2.35 bits per heavy atom. The van der Waals surface area contributed by atoms with Crippen LogP contribution in [0.15, 0.2) is 24.3 Å². The fourth-order valence-corrected chi connectivity index (χ4v) is 1.15. The number of nitro benzene ring substituents is 1. The van der Waals surface area contributed by atoms with E-state index in [1.165, 1.54) is 38.1 Å². The van der Waals surface area contributed by atoms with Crippen molar-refractivity contribution in [1.82, 2.24) is 5.32 Å². The lowest BCUT2D eigenvalue weighted by Gasteiger charge is -2.19. The van der Waals surface area contributed by atoms with Gasteiger partial charge >= 0.3 is 12.1 Å². The maximum atomic E-state index is 11.4. The summed E-state index contributed by atoms with van der Waals surface area (Å²) >= 11 is 0. The molecule has 0 aliphatic heterocycles. The molecule has 0 fully saturated rings. The lowest BCUT2D eigenvalue weighted by molar-refractivity contribution is -0.384. The number of rotatable bonds is 5. The summed E-state index contributed by atoms with van der Waals surface area (Å²) in [7, 11) is 0. The molecule has 0 heterocycles. The molecule has 1 amide bonds. The average Bonchev–Trinajstić information content (AvgIpc) is 2.37. The first kappa shape index (κ1) is 15.4. The largest absolute Gasteiger partial charge is 0.481 e. The highest BCUT2D eigenvalue weighted by atomic mass is 16.6. The van der Waals surface area contributed by atoms with Gasteiger partial charge in [-0.1, -0.05) is 0 Å². The molecule has 1 aromatic carbocycles. The third kappa shape index (κ3) is 4.23. The van der Waals surface area contributed by atoms with Crippen LogP contribution in [0.1, 0.15) is 13.8 Å². The van der Waals surface area contributed by atoms with Crippen molar-refractivity contribution in [3.63, 3.8) is 0 Å². The molecule has 0 aromatic heterocycles. The van der Waals surface area contributed by atoms with Crippen molar-refractivity contribution in [3.05, 3.63) is 34.4 Å². The van der Waals surface area contributed by atoms with E-state index in [2.05, 4.69) is 5.32 Å². The van der Waals surface area contributed by atoms with Gasteiger partial charge < -0.3 is 15.2 Å². The van der Waals surface area contributed by atoms with Crippen molar-refractivity contribution in [2.24, 2.45) is 5.41 Å². The number of carboxylic acid groups (broad SMARTS) is 1. The Kier molecular flexibility index (Phi) is 4.63. The van der Waals surface area contributed by atoms with Crippen molar-refractivity contribution < 1.29 is 24.4 Å². The number of carboxylic acids is 1. The van der Waals surface area contributed by atoms with Crippen LogP contribution in [0.3, 0.4) is 0 Å². The minimum atomic E-state index is -1.12. The predicted octanol–water partition coefficient (Wildman–Crippen LogP) is 1.79. The van der Waals surface area contributed by atoms with Gasteiger partial charge in [-0.2, -0.15) is 0 Å². The molecule has 0 bridgehead atoms. The zero-order valence-electron chi connectivity index (χ0n) is 11.0. The Morgan fingerprint density at radius 1 is 1.35 bits per heavy atom. The number of aliphatic carboxylic acids is 1. The lowest BCUT2D eigenvalue weighted by Crippen LogP contribution is -2.40. The third-order valence-electron chi connectivity index (χ3n) is 2.51. The first-order valence-electron chi connectivity index (χ1n) is 5.66. The first-order chi connectivity index (χ1) is 9.22. The summed E-state index contributed by atoms with van der Waals surface area (Å²) in [5, 5.41) is 21.6. The van der Waals surface area contributed by atoms with Gasteiger partial charge in [0.15, 0.2) is 0 Å². The zero-order valence-corrected chi connectivity index (χ0v) is 11.0. The van der Waals surface area contributed by atoms with Crippen LogP contribution in [-0.2, 0) is 4.79 Å². The number of amides is 1. The Labute approximate surface area is 114 Å². The van der Waals surface area contributed by atoms with Gasteiger partial charge in [-0.25, -0.2) is 4.79 Å². The van der Waals surface area contributed by atoms with Gasteiger partial charge in [-0.15, -0.1) is 0 Å². The molecule has 1 rings (SSSR count). The maximum Gasteiger partial charge on any atom is 0.412 e. The van der Waals surface area contributed by atoms with Crippen LogP contribution in [0.5, 0.6) is 5.75 Å². The molecule has 0 atom stereocenters. The Morgan fingerprint density at radius 2 is 1.90 bits per heavy atom. The number of nitrogens with zero attached hydrogens (tertiary/aromatic N) is 1. The molecule has 20 heavy (non-hydrogen) atoms. The number of nitro groups is 1. The van der Waals surface area contributed by atoms with Crippen molar-refractivity contribution in [3.8, 4) is 5.75 Å². The number of non-ortho nitro benzene ring substituents is 1. The quantitative estimate of drug-likeness (QED) is 0.627. The SMILES string of the molecule is CC(C)(CNC(=O)Oc1ccc([N+](=O)[O-])cc1)C(=O)O. The molecule has 0 saturated carbocycles. The van der Waals surface area contributed by atoms with E-state index in [9.17, 15) is 19.7 Å². The fourth-order valence-electron chi connectivity index (χ4n) is 1.15.